The second kappa shape index (κ2) is 9.11. The summed E-state index contributed by atoms with van der Waals surface area (Å²) >= 11 is 5.91. The minimum atomic E-state index is -0.561. The van der Waals surface area contributed by atoms with Crippen LogP contribution >= 0.6 is 11.6 Å². The number of pyridine rings is 1. The molecule has 1 aromatic heterocycles. The Morgan fingerprint density at radius 1 is 1.19 bits per heavy atom. The number of carbonyl (C=O) groups is 2. The van der Waals surface area contributed by atoms with Crippen molar-refractivity contribution in [1.29, 1.82) is 0 Å². The van der Waals surface area contributed by atoms with E-state index in [1.54, 1.807) is 0 Å². The van der Waals surface area contributed by atoms with Crippen molar-refractivity contribution >= 4 is 34.9 Å². The van der Waals surface area contributed by atoms with Gasteiger partial charge in [-0.3, -0.25) is 19.3 Å². The summed E-state index contributed by atoms with van der Waals surface area (Å²) in [5, 5.41) is 6.03. The normalized spacial score (nSPS) is 19.9. The van der Waals surface area contributed by atoms with Gasteiger partial charge in [0.1, 0.15) is 11.4 Å². The smallest absolute Gasteiger partial charge is 0.262 e. The van der Waals surface area contributed by atoms with Gasteiger partial charge in [-0.05, 0) is 62.4 Å². The number of carbonyl (C=O) groups excluding carboxylic acids is 2. The van der Waals surface area contributed by atoms with Crippen LogP contribution in [0.5, 0.6) is 0 Å². The van der Waals surface area contributed by atoms with Crippen LogP contribution in [0.15, 0.2) is 35.1 Å². The van der Waals surface area contributed by atoms with Crippen LogP contribution in [0.3, 0.4) is 0 Å². The highest BCUT2D eigenvalue weighted by Gasteiger charge is 2.31. The summed E-state index contributed by atoms with van der Waals surface area (Å²) in [5.74, 6) is -0.0848. The number of H-pyrrole nitrogens is 1. The lowest BCUT2D eigenvalue weighted by atomic mass is 9.94. The number of rotatable bonds is 4. The monoisotopic (exact) mass is 443 g/mol. The highest BCUT2D eigenvalue weighted by atomic mass is 35.5. The maximum Gasteiger partial charge on any atom is 0.262 e. The van der Waals surface area contributed by atoms with Crippen LogP contribution in [0.2, 0.25) is 5.02 Å². The molecule has 2 aliphatic rings. The molecule has 0 saturated carbocycles. The van der Waals surface area contributed by atoms with Gasteiger partial charge < -0.3 is 21.4 Å². The number of nitrogens with one attached hydrogen (secondary N) is 3. The Morgan fingerprint density at radius 2 is 1.94 bits per heavy atom. The summed E-state index contributed by atoms with van der Waals surface area (Å²) in [6, 6.07) is 9.09. The Balaban J connectivity index is 1.29. The van der Waals surface area contributed by atoms with E-state index in [-0.39, 0.29) is 34.3 Å². The Hall–Kier alpha value is -2.84. The van der Waals surface area contributed by atoms with E-state index in [1.165, 1.54) is 11.6 Å². The number of fused-ring (bicyclic) bond motifs is 1. The van der Waals surface area contributed by atoms with Gasteiger partial charge in [0.25, 0.3) is 11.5 Å². The Kier molecular flexibility index (Phi) is 6.29. The molecule has 0 spiro atoms. The highest BCUT2D eigenvalue weighted by Crippen LogP contribution is 2.26. The molecule has 0 aliphatic carbocycles. The zero-order valence-electron chi connectivity index (χ0n) is 17.1. The number of likely N-dealkylation sites (tertiary alicyclic amines) is 1. The number of hydrogen-bond acceptors (Lipinski definition) is 5. The molecule has 2 aromatic rings. The van der Waals surface area contributed by atoms with Crippen molar-refractivity contribution in [3.63, 3.8) is 0 Å². The summed E-state index contributed by atoms with van der Waals surface area (Å²) in [5.41, 5.74) is 7.02. The van der Waals surface area contributed by atoms with E-state index in [2.05, 4.69) is 26.6 Å². The number of nitrogens with zero attached hydrogens (tertiary/aromatic N) is 1. The molecule has 3 heterocycles. The Morgan fingerprint density at radius 3 is 2.71 bits per heavy atom. The summed E-state index contributed by atoms with van der Waals surface area (Å²) in [4.78, 5) is 41.7. The minimum Gasteiger partial charge on any atom is -0.384 e. The molecule has 1 fully saturated rings. The summed E-state index contributed by atoms with van der Waals surface area (Å²) < 4.78 is 0. The molecule has 0 bridgehead atoms. The lowest BCUT2D eigenvalue weighted by Gasteiger charge is -2.36. The molecule has 2 aliphatic heterocycles. The second-order valence-corrected chi connectivity index (χ2v) is 8.57. The molecule has 4 rings (SSSR count). The Bertz CT molecular complexity index is 1050. The van der Waals surface area contributed by atoms with Gasteiger partial charge in [0.15, 0.2) is 0 Å². The van der Waals surface area contributed by atoms with Crippen LogP contribution in [0.1, 0.15) is 35.2 Å². The van der Waals surface area contributed by atoms with Gasteiger partial charge in [0.05, 0.1) is 11.1 Å². The maximum absolute atomic E-state index is 12.8. The summed E-state index contributed by atoms with van der Waals surface area (Å²) in [7, 11) is 0. The third-order valence-electron chi connectivity index (χ3n) is 6.17. The molecule has 0 radical (unpaired) electrons. The fraction of sp³-hybridized carbons (Fsp3) is 0.409. The third kappa shape index (κ3) is 4.75. The number of piperidine rings is 1. The maximum atomic E-state index is 12.8. The number of amides is 2. The molecule has 5 N–H and O–H groups in total. The van der Waals surface area contributed by atoms with E-state index in [0.29, 0.717) is 6.54 Å². The van der Waals surface area contributed by atoms with Crippen molar-refractivity contribution in [1.82, 2.24) is 15.2 Å². The number of anilines is 2. The average molecular weight is 444 g/mol. The van der Waals surface area contributed by atoms with E-state index in [1.807, 2.05) is 18.2 Å². The van der Waals surface area contributed by atoms with Crippen molar-refractivity contribution in [2.75, 3.05) is 30.7 Å². The van der Waals surface area contributed by atoms with Crippen molar-refractivity contribution in [3.8, 4) is 0 Å². The number of aromatic amines is 1. The molecule has 9 heteroatoms. The Labute approximate surface area is 185 Å². The topological polar surface area (TPSA) is 120 Å². The second-order valence-electron chi connectivity index (χ2n) is 8.16. The first-order chi connectivity index (χ1) is 14.9. The van der Waals surface area contributed by atoms with Crippen molar-refractivity contribution in [2.24, 2.45) is 5.92 Å². The first kappa shape index (κ1) is 21.4. The zero-order chi connectivity index (χ0) is 22.0. The summed E-state index contributed by atoms with van der Waals surface area (Å²) in [6.45, 7) is 2.06. The van der Waals surface area contributed by atoms with Crippen LogP contribution < -0.4 is 21.9 Å². The number of halogens is 1. The van der Waals surface area contributed by atoms with Gasteiger partial charge in [-0.25, -0.2) is 0 Å². The number of hydrogen-bond donors (Lipinski definition) is 4. The van der Waals surface area contributed by atoms with Crippen LogP contribution in [0.4, 0.5) is 11.5 Å². The van der Waals surface area contributed by atoms with Gasteiger partial charge in [0.2, 0.25) is 5.91 Å². The average Bonchev–Trinajstić information content (AvgIpc) is 2.93. The molecular weight excluding hydrogens is 418 g/mol. The molecule has 164 valence electrons. The van der Waals surface area contributed by atoms with Crippen LogP contribution in [-0.2, 0) is 11.2 Å². The molecule has 31 heavy (non-hydrogen) atoms. The molecule has 2 amide bonds. The predicted molar refractivity (Wildman–Crippen MR) is 120 cm³/mol. The van der Waals surface area contributed by atoms with Gasteiger partial charge >= 0.3 is 0 Å². The standard InChI is InChI=1S/C22H26ClN5O3/c23-16-11-15(21(30)27-19(16)24)20(29)25-12-13-7-9-28(10-8-13)18-6-5-14-3-1-2-4-17(14)26-22(18)31/h1-4,11,13,18H,5-10,12H2,(H,25,29)(H,26,31)(H3,24,27,30). The largest absolute Gasteiger partial charge is 0.384 e. The van der Waals surface area contributed by atoms with Crippen molar-refractivity contribution < 1.29 is 9.59 Å². The number of para-hydroxylation sites is 1. The molecule has 1 aromatic carbocycles. The van der Waals surface area contributed by atoms with Crippen LogP contribution in [0.25, 0.3) is 0 Å². The summed E-state index contributed by atoms with van der Waals surface area (Å²) in [6.07, 6.45) is 3.41. The lowest BCUT2D eigenvalue weighted by Crippen LogP contribution is -2.48. The third-order valence-corrected chi connectivity index (χ3v) is 6.48. The number of aromatic nitrogens is 1. The van der Waals surface area contributed by atoms with Crippen LogP contribution in [0, 0.1) is 5.92 Å². The van der Waals surface area contributed by atoms with Crippen molar-refractivity contribution in [3.05, 3.63) is 56.8 Å². The van der Waals surface area contributed by atoms with E-state index < -0.39 is 11.5 Å². The quantitative estimate of drug-likeness (QED) is 0.576. The zero-order valence-corrected chi connectivity index (χ0v) is 17.9. The van der Waals surface area contributed by atoms with E-state index >= 15 is 0 Å². The predicted octanol–water partition coefficient (Wildman–Crippen LogP) is 2.01. The fourth-order valence-corrected chi connectivity index (χ4v) is 4.49. The number of aryl methyl sites for hydroxylation is 1. The minimum absolute atomic E-state index is 0.0428. The van der Waals surface area contributed by atoms with Gasteiger partial charge in [0, 0.05) is 12.2 Å². The van der Waals surface area contributed by atoms with E-state index in [4.69, 9.17) is 17.3 Å². The fourth-order valence-electron chi connectivity index (χ4n) is 4.34. The number of benzene rings is 1. The first-order valence-corrected chi connectivity index (χ1v) is 10.9. The molecule has 8 nitrogen and oxygen atoms in total. The number of nitrogen functional groups attached to an aromatic ring is 1. The molecule has 1 saturated heterocycles. The van der Waals surface area contributed by atoms with E-state index in [0.717, 1.165) is 44.5 Å². The lowest BCUT2D eigenvalue weighted by molar-refractivity contribution is -0.122. The van der Waals surface area contributed by atoms with Crippen LogP contribution in [-0.4, -0.2) is 47.4 Å². The molecular formula is C22H26ClN5O3. The van der Waals surface area contributed by atoms with E-state index in [9.17, 15) is 14.4 Å². The van der Waals surface area contributed by atoms with Gasteiger partial charge in [-0.2, -0.15) is 0 Å². The first-order valence-electron chi connectivity index (χ1n) is 10.5. The number of nitrogens with two attached hydrogens (primary N) is 1. The molecule has 1 unspecified atom stereocenters. The van der Waals surface area contributed by atoms with Gasteiger partial charge in [-0.15, -0.1) is 0 Å². The molecule has 1 atom stereocenters. The van der Waals surface area contributed by atoms with Crippen molar-refractivity contribution in [2.45, 2.75) is 31.7 Å². The highest BCUT2D eigenvalue weighted by molar-refractivity contribution is 6.33. The SMILES string of the molecule is Nc1[nH]c(=O)c(C(=O)NCC2CCN(C3CCc4ccccc4NC3=O)CC2)cc1Cl. The van der Waals surface area contributed by atoms with Gasteiger partial charge in [-0.1, -0.05) is 29.8 Å².